The summed E-state index contributed by atoms with van der Waals surface area (Å²) in [7, 11) is 0. The average molecular weight is 334 g/mol. The van der Waals surface area contributed by atoms with Crippen LogP contribution in [-0.2, 0) is 0 Å². The van der Waals surface area contributed by atoms with Crippen LogP contribution in [0.5, 0.6) is 0 Å². The fourth-order valence-electron chi connectivity index (χ4n) is 0.165. The topological polar surface area (TPSA) is 305 Å². The molecule has 1 aromatic heterocycles. The van der Waals surface area contributed by atoms with Crippen LogP contribution in [0.3, 0.4) is 0 Å². The third-order valence-electron chi connectivity index (χ3n) is 0.343. The molecule has 0 aromatic carbocycles. The van der Waals surface area contributed by atoms with Crippen molar-refractivity contribution in [3.63, 3.8) is 0 Å². The second-order valence-electron chi connectivity index (χ2n) is 1.66. The lowest BCUT2D eigenvalue weighted by atomic mass is 11.0. The highest BCUT2D eigenvalue weighted by atomic mass is 16.9. The molecule has 0 saturated heterocycles. The summed E-state index contributed by atoms with van der Waals surface area (Å²) in [6.45, 7) is 0. The summed E-state index contributed by atoms with van der Waals surface area (Å²) >= 11 is 0. The van der Waals surface area contributed by atoms with Crippen LogP contribution in [0.2, 0.25) is 0 Å². The lowest BCUT2D eigenvalue weighted by Crippen LogP contribution is -1.84. The zero-order chi connectivity index (χ0) is 18.6. The number of hydrogen-bond acceptors (Lipinski definition) is 12. The van der Waals surface area contributed by atoms with Crippen molar-refractivity contribution >= 4 is 0 Å². The maximum Gasteiger partial charge on any atom is 0.291 e. The molecule has 0 unspecified atom stereocenters. The summed E-state index contributed by atoms with van der Waals surface area (Å²) in [6.07, 6.45) is 2.93. The molecule has 4 N–H and O–H groups in total. The molecule has 0 radical (unpaired) electrons. The monoisotopic (exact) mass is 334 g/mol. The first-order valence-electron chi connectivity index (χ1n) is 3.71. The van der Waals surface area contributed by atoms with Gasteiger partial charge in [0.15, 0.2) is 0 Å². The van der Waals surface area contributed by atoms with Gasteiger partial charge in [-0.1, -0.05) is 0 Å². The van der Waals surface area contributed by atoms with Crippen LogP contribution in [-0.4, -0.2) is 61.8 Å². The van der Waals surface area contributed by atoms with E-state index in [0.29, 0.717) is 0 Å². The van der Waals surface area contributed by atoms with Gasteiger partial charge >= 0.3 is 0 Å². The summed E-state index contributed by atoms with van der Waals surface area (Å²) in [5.74, 6) is 0. The van der Waals surface area contributed by atoms with Gasteiger partial charge < -0.3 is 20.8 Å². The molecule has 20 heteroatoms. The molecule has 0 saturated carbocycles. The maximum absolute atomic E-state index is 8.36. The highest BCUT2D eigenvalue weighted by Gasteiger charge is 1.66. The van der Waals surface area contributed by atoms with Gasteiger partial charge in [-0.15, -0.1) is 50.7 Å². The molecule has 1 rings (SSSR count). The molecule has 0 fully saturated rings. The minimum atomic E-state index is -1.50. The van der Waals surface area contributed by atoms with Crippen molar-refractivity contribution in [1.82, 2.24) is 20.6 Å². The van der Waals surface area contributed by atoms with Gasteiger partial charge in [-0.05, 0) is 10.4 Å². The van der Waals surface area contributed by atoms with Crippen LogP contribution in [0.15, 0.2) is 12.4 Å². The van der Waals surface area contributed by atoms with Gasteiger partial charge in [-0.3, -0.25) is 0 Å². The molecule has 0 spiro atoms. The molecule has 126 valence electrons. The van der Waals surface area contributed by atoms with Crippen molar-refractivity contribution < 1.29 is 41.2 Å². The molecule has 0 aliphatic carbocycles. The van der Waals surface area contributed by atoms with Crippen molar-refractivity contribution in [2.45, 2.75) is 0 Å². The van der Waals surface area contributed by atoms with E-state index in [1.54, 1.807) is 0 Å². The number of nitrogens with zero attached hydrogens (tertiary/aromatic N) is 8. The highest BCUT2D eigenvalue weighted by molar-refractivity contribution is 4.52. The highest BCUT2D eigenvalue weighted by Crippen LogP contribution is 1.53. The Bertz CT molecular complexity index is 318. The minimum absolute atomic E-state index is 1.47. The zero-order valence-corrected chi connectivity index (χ0v) is 9.79. The van der Waals surface area contributed by atoms with Crippen LogP contribution >= 0.6 is 0 Å². The first-order valence-corrected chi connectivity index (χ1v) is 3.71. The largest absolute Gasteiger partial charge is 0.328 e. The van der Waals surface area contributed by atoms with E-state index in [1.165, 1.54) is 12.4 Å². The molecule has 0 atom stereocenters. The van der Waals surface area contributed by atoms with Crippen LogP contribution < -0.4 is 0 Å². The summed E-state index contributed by atoms with van der Waals surface area (Å²) in [5, 5.41) is 67.6. The second kappa shape index (κ2) is 22.0. The van der Waals surface area contributed by atoms with Crippen molar-refractivity contribution in [3.8, 4) is 0 Å². The molecular formula is C2H6N8O12. The van der Waals surface area contributed by atoms with Crippen LogP contribution in [0.1, 0.15) is 0 Å². The van der Waals surface area contributed by atoms with E-state index in [0.717, 1.165) is 0 Å². The lowest BCUT2D eigenvalue weighted by molar-refractivity contribution is -0.742. The predicted octanol–water partition coefficient (Wildman–Crippen LogP) is -2.12. The van der Waals surface area contributed by atoms with E-state index in [1.807, 2.05) is 0 Å². The van der Waals surface area contributed by atoms with E-state index in [4.69, 9.17) is 61.3 Å². The molecule has 0 amide bonds. The Morgan fingerprint density at radius 1 is 0.591 bits per heavy atom. The van der Waals surface area contributed by atoms with Gasteiger partial charge in [0.25, 0.3) is 20.3 Å². The predicted molar refractivity (Wildman–Crippen MR) is 52.7 cm³/mol. The molecular weight excluding hydrogens is 328 g/mol. The smallest absolute Gasteiger partial charge is 0.291 e. The third-order valence-corrected chi connectivity index (χ3v) is 0.343. The van der Waals surface area contributed by atoms with E-state index in [-0.39, 0.29) is 0 Å². The lowest BCUT2D eigenvalue weighted by Gasteiger charge is -1.67. The van der Waals surface area contributed by atoms with Gasteiger partial charge in [0.05, 0.1) is 12.4 Å². The van der Waals surface area contributed by atoms with E-state index >= 15 is 0 Å². The molecule has 22 heavy (non-hydrogen) atoms. The van der Waals surface area contributed by atoms with E-state index in [9.17, 15) is 0 Å². The van der Waals surface area contributed by atoms with Gasteiger partial charge in [0.2, 0.25) is 0 Å². The first-order chi connectivity index (χ1) is 9.93. The molecule has 20 nitrogen and oxygen atoms in total. The van der Waals surface area contributed by atoms with Crippen molar-refractivity contribution in [1.29, 1.82) is 0 Å². The van der Waals surface area contributed by atoms with Crippen molar-refractivity contribution in [3.05, 3.63) is 52.9 Å². The minimum Gasteiger partial charge on any atom is -0.328 e. The van der Waals surface area contributed by atoms with Gasteiger partial charge in [-0.2, -0.15) is 0 Å². The van der Waals surface area contributed by atoms with E-state index < -0.39 is 20.3 Å². The fraction of sp³-hybridized carbons (Fsp3) is 0. The molecule has 0 bridgehead atoms. The average Bonchev–Trinajstić information content (AvgIpc) is 2.28. The summed E-state index contributed by atoms with van der Waals surface area (Å²) < 4.78 is 0. The van der Waals surface area contributed by atoms with Crippen LogP contribution in [0.4, 0.5) is 0 Å². The Hall–Kier alpha value is -4.26. The third kappa shape index (κ3) is 1130. The summed E-state index contributed by atoms with van der Waals surface area (Å²) in [5.41, 5.74) is 0. The Labute approximate surface area is 116 Å². The molecule has 0 aliphatic heterocycles. The van der Waals surface area contributed by atoms with Crippen molar-refractivity contribution in [2.24, 2.45) is 0 Å². The van der Waals surface area contributed by atoms with Crippen LogP contribution in [0.25, 0.3) is 0 Å². The number of hydrogen-bond donors (Lipinski definition) is 4. The number of aromatic nitrogens is 4. The van der Waals surface area contributed by atoms with Gasteiger partial charge in [0, 0.05) is 0 Å². The standard InChI is InChI=1S/C2H2N4.4HNO3/c1-2-4-6-5-3-1;4*2-1(3)4/h1-2H;4*(H,2,3,4). The Morgan fingerprint density at radius 2 is 0.727 bits per heavy atom. The fourth-order valence-corrected chi connectivity index (χ4v) is 0.165. The van der Waals surface area contributed by atoms with Crippen molar-refractivity contribution in [2.75, 3.05) is 0 Å². The molecule has 1 heterocycles. The second-order valence-corrected chi connectivity index (χ2v) is 1.66. The van der Waals surface area contributed by atoms with Crippen LogP contribution in [0, 0.1) is 40.5 Å². The molecule has 0 aliphatic rings. The molecule has 1 aromatic rings. The maximum atomic E-state index is 8.36. The quantitative estimate of drug-likeness (QED) is 0.290. The first kappa shape index (κ1) is 26.3. The van der Waals surface area contributed by atoms with Gasteiger partial charge in [0.1, 0.15) is 0 Å². The van der Waals surface area contributed by atoms with E-state index in [2.05, 4.69) is 20.6 Å². The Balaban J connectivity index is -0.0000000937. The zero-order valence-electron chi connectivity index (χ0n) is 9.79. The number of rotatable bonds is 0. The van der Waals surface area contributed by atoms with Gasteiger partial charge in [-0.25, -0.2) is 0 Å². The normalized spacial score (nSPS) is 6.55. The Morgan fingerprint density at radius 3 is 0.773 bits per heavy atom. The summed E-state index contributed by atoms with van der Waals surface area (Å²) in [4.78, 5) is 33.4. The summed E-state index contributed by atoms with van der Waals surface area (Å²) in [6, 6.07) is 0. The SMILES string of the molecule is O=[N+]([O-])O.O=[N+]([O-])O.O=[N+]([O-])O.O=[N+]([O-])O.c1cnnnn1. The Kier molecular flexibility index (Phi) is 26.3.